The topological polar surface area (TPSA) is 83.8 Å². The molecule has 4 N–H and O–H groups in total. The van der Waals surface area contributed by atoms with Crippen LogP contribution < -0.4 is 11.1 Å². The van der Waals surface area contributed by atoms with Gasteiger partial charge in [-0.15, -0.1) is 0 Å². The number of hydrogen-bond acceptors (Lipinski definition) is 3. The number of rotatable bonds is 2. The summed E-state index contributed by atoms with van der Waals surface area (Å²) in [5.74, 6) is 0.335. The van der Waals surface area contributed by atoms with Crippen LogP contribution in [-0.2, 0) is 4.79 Å². The first-order valence-electron chi connectivity index (χ1n) is 3.26. The molecule has 5 heteroatoms. The lowest BCUT2D eigenvalue weighted by atomic mass is 10.3. The number of nitrogens with one attached hydrogen (secondary N) is 2. The summed E-state index contributed by atoms with van der Waals surface area (Å²) in [7, 11) is 0. The van der Waals surface area contributed by atoms with Crippen LogP contribution in [0.5, 0.6) is 0 Å². The fourth-order valence-electron chi connectivity index (χ4n) is 0.572. The van der Waals surface area contributed by atoms with Gasteiger partial charge in [0, 0.05) is 6.07 Å². The summed E-state index contributed by atoms with van der Waals surface area (Å²) in [5.41, 5.74) is 5.31. The van der Waals surface area contributed by atoms with E-state index in [0.29, 0.717) is 5.82 Å². The fraction of sp³-hybridized carbons (Fsp3) is 0.333. The molecule has 11 heavy (non-hydrogen) atoms. The van der Waals surface area contributed by atoms with Crippen molar-refractivity contribution in [3.8, 4) is 0 Å². The van der Waals surface area contributed by atoms with E-state index >= 15 is 0 Å². The molecule has 0 fully saturated rings. The maximum absolute atomic E-state index is 10.9. The van der Waals surface area contributed by atoms with Crippen LogP contribution in [-0.4, -0.2) is 22.1 Å². The van der Waals surface area contributed by atoms with E-state index in [0.717, 1.165) is 0 Å². The van der Waals surface area contributed by atoms with Gasteiger partial charge in [0.25, 0.3) is 0 Å². The fourth-order valence-corrected chi connectivity index (χ4v) is 0.572. The number of nitrogens with zero attached hydrogens (tertiary/aromatic N) is 1. The third-order valence-electron chi connectivity index (χ3n) is 1.17. The molecule has 1 heterocycles. The summed E-state index contributed by atoms with van der Waals surface area (Å²) in [6, 6.07) is 1.15. The molecule has 0 spiro atoms. The minimum atomic E-state index is -0.502. The van der Waals surface area contributed by atoms with E-state index < -0.39 is 6.04 Å². The summed E-state index contributed by atoms with van der Waals surface area (Å²) in [6.07, 6.45) is 1.55. The normalized spacial score (nSPS) is 12.5. The van der Waals surface area contributed by atoms with Gasteiger partial charge < -0.3 is 11.1 Å². The standard InChI is InChI=1S/C6H10N4O/c1-4(7)6(11)9-5-2-3-8-10-5/h2-4H,7H2,1H3,(H2,8,9,10,11)/t4-/m0/s1. The average molecular weight is 154 g/mol. The van der Waals surface area contributed by atoms with Crippen LogP contribution in [0.4, 0.5) is 5.82 Å². The number of hydrogen-bond donors (Lipinski definition) is 3. The number of aromatic amines is 1. The van der Waals surface area contributed by atoms with Crippen molar-refractivity contribution in [3.63, 3.8) is 0 Å². The molecule has 1 aromatic rings. The number of amides is 1. The van der Waals surface area contributed by atoms with Crippen molar-refractivity contribution >= 4 is 11.7 Å². The molecule has 1 atom stereocenters. The average Bonchev–Trinajstić information content (AvgIpc) is 2.39. The Labute approximate surface area is 64.0 Å². The van der Waals surface area contributed by atoms with E-state index in [-0.39, 0.29) is 5.91 Å². The van der Waals surface area contributed by atoms with Gasteiger partial charge in [0.1, 0.15) is 5.82 Å². The van der Waals surface area contributed by atoms with E-state index in [2.05, 4.69) is 15.5 Å². The lowest BCUT2D eigenvalue weighted by Gasteiger charge is -2.03. The number of anilines is 1. The van der Waals surface area contributed by atoms with Gasteiger partial charge in [0.2, 0.25) is 5.91 Å². The molecule has 1 amide bonds. The van der Waals surface area contributed by atoms with Crippen molar-refractivity contribution in [2.24, 2.45) is 5.73 Å². The van der Waals surface area contributed by atoms with Crippen molar-refractivity contribution < 1.29 is 4.79 Å². The van der Waals surface area contributed by atoms with Crippen molar-refractivity contribution in [2.45, 2.75) is 13.0 Å². The molecule has 0 radical (unpaired) electrons. The molecule has 0 unspecified atom stereocenters. The summed E-state index contributed by atoms with van der Waals surface area (Å²) in [4.78, 5) is 10.9. The SMILES string of the molecule is C[C@H](N)C(=O)Nc1ccn[nH]1. The Morgan fingerprint density at radius 1 is 1.91 bits per heavy atom. The largest absolute Gasteiger partial charge is 0.320 e. The first-order chi connectivity index (χ1) is 5.20. The number of carbonyl (C=O) groups excluding carboxylic acids is 1. The molecule has 0 aliphatic carbocycles. The van der Waals surface area contributed by atoms with Gasteiger partial charge >= 0.3 is 0 Å². The second kappa shape index (κ2) is 3.16. The highest BCUT2D eigenvalue weighted by atomic mass is 16.2. The molecule has 60 valence electrons. The van der Waals surface area contributed by atoms with Gasteiger partial charge in [0.05, 0.1) is 12.2 Å². The molecule has 0 saturated carbocycles. The number of carbonyl (C=O) groups is 1. The Kier molecular flexibility index (Phi) is 2.22. The zero-order valence-electron chi connectivity index (χ0n) is 6.16. The van der Waals surface area contributed by atoms with Gasteiger partial charge in [-0.3, -0.25) is 9.89 Å². The first kappa shape index (κ1) is 7.74. The predicted molar refractivity (Wildman–Crippen MR) is 40.9 cm³/mol. The Hall–Kier alpha value is -1.36. The minimum absolute atomic E-state index is 0.228. The van der Waals surface area contributed by atoms with E-state index in [4.69, 9.17) is 5.73 Å². The highest BCUT2D eigenvalue weighted by molar-refractivity contribution is 5.93. The van der Waals surface area contributed by atoms with Gasteiger partial charge in [-0.05, 0) is 6.92 Å². The molecule has 1 aromatic heterocycles. The zero-order chi connectivity index (χ0) is 8.27. The zero-order valence-corrected chi connectivity index (χ0v) is 6.16. The van der Waals surface area contributed by atoms with Gasteiger partial charge in [-0.25, -0.2) is 0 Å². The first-order valence-corrected chi connectivity index (χ1v) is 3.26. The van der Waals surface area contributed by atoms with Crippen molar-refractivity contribution in [2.75, 3.05) is 5.32 Å². The van der Waals surface area contributed by atoms with Crippen molar-refractivity contribution in [1.29, 1.82) is 0 Å². The van der Waals surface area contributed by atoms with Crippen molar-refractivity contribution in [3.05, 3.63) is 12.3 Å². The maximum atomic E-state index is 10.9. The number of aromatic nitrogens is 2. The molecule has 5 nitrogen and oxygen atoms in total. The molecule has 0 aromatic carbocycles. The quantitative estimate of drug-likeness (QED) is 0.546. The van der Waals surface area contributed by atoms with Gasteiger partial charge in [-0.2, -0.15) is 5.10 Å². The Bertz CT molecular complexity index is 229. The van der Waals surface area contributed by atoms with E-state index in [1.807, 2.05) is 0 Å². The Morgan fingerprint density at radius 2 is 2.64 bits per heavy atom. The van der Waals surface area contributed by atoms with Gasteiger partial charge in [-0.1, -0.05) is 0 Å². The van der Waals surface area contributed by atoms with Gasteiger partial charge in [0.15, 0.2) is 0 Å². The number of H-pyrrole nitrogens is 1. The number of nitrogens with two attached hydrogens (primary N) is 1. The van der Waals surface area contributed by atoms with Crippen LogP contribution in [0.25, 0.3) is 0 Å². The van der Waals surface area contributed by atoms with Crippen LogP contribution in [0.3, 0.4) is 0 Å². The van der Waals surface area contributed by atoms with E-state index in [1.165, 1.54) is 0 Å². The molecule has 1 rings (SSSR count). The highest BCUT2D eigenvalue weighted by Gasteiger charge is 2.06. The third kappa shape index (κ3) is 2.05. The molecule has 0 saturated heterocycles. The van der Waals surface area contributed by atoms with E-state index in [1.54, 1.807) is 19.2 Å². The third-order valence-corrected chi connectivity index (χ3v) is 1.17. The van der Waals surface area contributed by atoms with Crippen LogP contribution in [0, 0.1) is 0 Å². The summed E-state index contributed by atoms with van der Waals surface area (Å²) < 4.78 is 0. The van der Waals surface area contributed by atoms with Crippen molar-refractivity contribution in [1.82, 2.24) is 10.2 Å². The molecular formula is C6H10N4O. The lowest BCUT2D eigenvalue weighted by molar-refractivity contribution is -0.117. The second-order valence-corrected chi connectivity index (χ2v) is 2.25. The summed E-state index contributed by atoms with van der Waals surface area (Å²) in [6.45, 7) is 1.62. The maximum Gasteiger partial charge on any atom is 0.242 e. The minimum Gasteiger partial charge on any atom is -0.320 e. The smallest absolute Gasteiger partial charge is 0.242 e. The lowest BCUT2D eigenvalue weighted by Crippen LogP contribution is -2.32. The van der Waals surface area contributed by atoms with Crippen LogP contribution >= 0.6 is 0 Å². The second-order valence-electron chi connectivity index (χ2n) is 2.25. The van der Waals surface area contributed by atoms with Crippen LogP contribution in [0.1, 0.15) is 6.92 Å². The van der Waals surface area contributed by atoms with E-state index in [9.17, 15) is 4.79 Å². The highest BCUT2D eigenvalue weighted by Crippen LogP contribution is 1.98. The summed E-state index contributed by atoms with van der Waals surface area (Å²) in [5, 5.41) is 8.78. The molecular weight excluding hydrogens is 144 g/mol. The Morgan fingerprint density at radius 3 is 3.09 bits per heavy atom. The van der Waals surface area contributed by atoms with Crippen LogP contribution in [0.15, 0.2) is 12.3 Å². The Balaban J connectivity index is 2.50. The molecule has 0 aliphatic rings. The monoisotopic (exact) mass is 154 g/mol. The predicted octanol–water partition coefficient (Wildman–Crippen LogP) is -0.305. The molecule has 0 bridgehead atoms. The van der Waals surface area contributed by atoms with Crippen LogP contribution in [0.2, 0.25) is 0 Å². The summed E-state index contributed by atoms with van der Waals surface area (Å²) >= 11 is 0. The molecule has 0 aliphatic heterocycles.